The second kappa shape index (κ2) is 8.44. The smallest absolute Gasteiger partial charge is 0.240 e. The number of sulfonamides is 1. The molecule has 0 aliphatic heterocycles. The molecule has 138 valence electrons. The van der Waals surface area contributed by atoms with E-state index in [-0.39, 0.29) is 29.7 Å². The molecular weight excluding hydrogens is 376 g/mol. The van der Waals surface area contributed by atoms with E-state index in [0.717, 1.165) is 0 Å². The number of hydrogen-bond donors (Lipinski definition) is 1. The highest BCUT2D eigenvalue weighted by molar-refractivity contribution is 7.89. The number of benzene rings is 2. The van der Waals surface area contributed by atoms with Gasteiger partial charge in [-0.3, -0.25) is 9.59 Å². The summed E-state index contributed by atoms with van der Waals surface area (Å²) in [6, 6.07) is 12.5. The molecule has 0 unspecified atom stereocenters. The molecule has 0 saturated carbocycles. The van der Waals surface area contributed by atoms with Gasteiger partial charge < -0.3 is 4.90 Å². The molecule has 2 aromatic carbocycles. The second-order valence-electron chi connectivity index (χ2n) is 5.63. The molecule has 1 amide bonds. The predicted molar refractivity (Wildman–Crippen MR) is 101 cm³/mol. The van der Waals surface area contributed by atoms with Crippen molar-refractivity contribution in [3.05, 3.63) is 59.1 Å². The number of amides is 1. The van der Waals surface area contributed by atoms with E-state index >= 15 is 0 Å². The van der Waals surface area contributed by atoms with Crippen LogP contribution in [0.1, 0.15) is 24.2 Å². The predicted octanol–water partition coefficient (Wildman–Crippen LogP) is 2.87. The van der Waals surface area contributed by atoms with Gasteiger partial charge in [0.25, 0.3) is 0 Å². The van der Waals surface area contributed by atoms with Crippen LogP contribution in [0.5, 0.6) is 0 Å². The van der Waals surface area contributed by atoms with Crippen molar-refractivity contribution < 1.29 is 18.0 Å². The normalized spacial score (nSPS) is 11.2. The number of anilines is 1. The number of nitrogens with one attached hydrogen (secondary N) is 1. The minimum atomic E-state index is -3.72. The number of hydrogen-bond acceptors (Lipinski definition) is 4. The van der Waals surface area contributed by atoms with Crippen molar-refractivity contribution in [1.29, 1.82) is 0 Å². The minimum Gasteiger partial charge on any atom is -0.311 e. The van der Waals surface area contributed by atoms with E-state index in [4.69, 9.17) is 11.6 Å². The van der Waals surface area contributed by atoms with Gasteiger partial charge in [-0.1, -0.05) is 17.7 Å². The molecule has 8 heteroatoms. The maximum absolute atomic E-state index is 12.3. The summed E-state index contributed by atoms with van der Waals surface area (Å²) >= 11 is 5.82. The third kappa shape index (κ3) is 5.14. The molecule has 0 heterocycles. The van der Waals surface area contributed by atoms with Gasteiger partial charge in [0.05, 0.1) is 4.90 Å². The van der Waals surface area contributed by atoms with Crippen LogP contribution in [0, 0.1) is 0 Å². The lowest BCUT2D eigenvalue weighted by Gasteiger charge is -2.21. The van der Waals surface area contributed by atoms with Crippen molar-refractivity contribution in [1.82, 2.24) is 4.72 Å². The highest BCUT2D eigenvalue weighted by Gasteiger charge is 2.16. The summed E-state index contributed by atoms with van der Waals surface area (Å²) in [5.41, 5.74) is 1.13. The third-order valence-corrected chi connectivity index (χ3v) is 5.39. The molecular formula is C18H19ClN2O4S. The van der Waals surface area contributed by atoms with Crippen molar-refractivity contribution in [2.24, 2.45) is 0 Å². The molecule has 1 N–H and O–H groups in total. The number of rotatable bonds is 7. The van der Waals surface area contributed by atoms with Crippen molar-refractivity contribution >= 4 is 39.0 Å². The van der Waals surface area contributed by atoms with Crippen LogP contribution in [-0.4, -0.2) is 33.2 Å². The van der Waals surface area contributed by atoms with Crippen LogP contribution in [-0.2, 0) is 14.8 Å². The Morgan fingerprint density at radius 1 is 1.08 bits per heavy atom. The lowest BCUT2D eigenvalue weighted by Crippen LogP contribution is -2.37. The molecule has 2 aromatic rings. The fourth-order valence-electron chi connectivity index (χ4n) is 2.35. The average Bonchev–Trinajstić information content (AvgIpc) is 2.58. The van der Waals surface area contributed by atoms with E-state index in [1.54, 1.807) is 36.4 Å². The van der Waals surface area contributed by atoms with Gasteiger partial charge >= 0.3 is 0 Å². The Bertz CT molecular complexity index is 911. The summed E-state index contributed by atoms with van der Waals surface area (Å²) in [4.78, 5) is 24.7. The van der Waals surface area contributed by atoms with Crippen molar-refractivity contribution in [2.75, 3.05) is 18.0 Å². The molecule has 2 rings (SSSR count). The fourth-order valence-corrected chi connectivity index (χ4v) is 3.68. The van der Waals surface area contributed by atoms with Crippen LogP contribution >= 0.6 is 11.6 Å². The molecule has 0 spiro atoms. The zero-order valence-electron chi connectivity index (χ0n) is 14.4. The maximum Gasteiger partial charge on any atom is 0.240 e. The molecule has 0 aromatic heterocycles. The first-order valence-corrected chi connectivity index (χ1v) is 9.71. The van der Waals surface area contributed by atoms with E-state index in [1.165, 1.54) is 30.9 Å². The summed E-state index contributed by atoms with van der Waals surface area (Å²) in [7, 11) is -3.72. The molecule has 0 atom stereocenters. The number of Topliss-reactive ketones (excluding diaryl/α,β-unsaturated/α-hetero) is 1. The molecule has 0 aliphatic carbocycles. The number of carbonyl (C=O) groups excluding carboxylic acids is 2. The van der Waals surface area contributed by atoms with Crippen molar-refractivity contribution in [3.63, 3.8) is 0 Å². The standard InChI is InChI=1S/C18H19ClN2O4S/c1-13(22)15-6-8-17(9-7-15)21(14(2)23)11-10-20-26(24,25)18-5-3-4-16(19)12-18/h3-9,12,20H,10-11H2,1-2H3. The Hall–Kier alpha value is -2.22. The van der Waals surface area contributed by atoms with Gasteiger partial charge in [-0.05, 0) is 49.4 Å². The number of halogens is 1. The minimum absolute atomic E-state index is 0.0306. The van der Waals surface area contributed by atoms with Crippen LogP contribution in [0.25, 0.3) is 0 Å². The van der Waals surface area contributed by atoms with E-state index in [0.29, 0.717) is 16.3 Å². The van der Waals surface area contributed by atoms with Crippen LogP contribution in [0.4, 0.5) is 5.69 Å². The summed E-state index contributed by atoms with van der Waals surface area (Å²) in [5, 5.41) is 0.323. The second-order valence-corrected chi connectivity index (χ2v) is 7.83. The van der Waals surface area contributed by atoms with Gasteiger partial charge in [-0.2, -0.15) is 0 Å². The molecule has 0 aliphatic rings. The number of carbonyl (C=O) groups is 2. The monoisotopic (exact) mass is 394 g/mol. The van der Waals surface area contributed by atoms with Crippen LogP contribution < -0.4 is 9.62 Å². The summed E-state index contributed by atoms with van der Waals surface area (Å²) in [6.07, 6.45) is 0. The summed E-state index contributed by atoms with van der Waals surface area (Å²) in [5.74, 6) is -0.303. The quantitative estimate of drug-likeness (QED) is 0.732. The van der Waals surface area contributed by atoms with Gasteiger partial charge in [0, 0.05) is 36.3 Å². The highest BCUT2D eigenvalue weighted by atomic mass is 35.5. The van der Waals surface area contributed by atoms with Gasteiger partial charge in [0.2, 0.25) is 15.9 Å². The van der Waals surface area contributed by atoms with Crippen LogP contribution in [0.3, 0.4) is 0 Å². The van der Waals surface area contributed by atoms with Gasteiger partial charge in [0.1, 0.15) is 0 Å². The first-order valence-electron chi connectivity index (χ1n) is 7.85. The Morgan fingerprint density at radius 3 is 2.27 bits per heavy atom. The average molecular weight is 395 g/mol. The van der Waals surface area contributed by atoms with Crippen LogP contribution in [0.15, 0.2) is 53.4 Å². The molecule has 0 saturated heterocycles. The third-order valence-electron chi connectivity index (χ3n) is 3.70. The fraction of sp³-hybridized carbons (Fsp3) is 0.222. The molecule has 0 radical (unpaired) electrons. The largest absolute Gasteiger partial charge is 0.311 e. The molecule has 0 bridgehead atoms. The van der Waals surface area contributed by atoms with E-state index < -0.39 is 10.0 Å². The first-order chi connectivity index (χ1) is 12.2. The van der Waals surface area contributed by atoms with Gasteiger partial charge in [0.15, 0.2) is 5.78 Å². The molecule has 26 heavy (non-hydrogen) atoms. The van der Waals surface area contributed by atoms with E-state index in [9.17, 15) is 18.0 Å². The topological polar surface area (TPSA) is 83.6 Å². The Kier molecular flexibility index (Phi) is 6.52. The Morgan fingerprint density at radius 2 is 1.73 bits per heavy atom. The van der Waals surface area contributed by atoms with Crippen molar-refractivity contribution in [3.8, 4) is 0 Å². The number of ketones is 1. The van der Waals surface area contributed by atoms with E-state index in [2.05, 4.69) is 4.72 Å². The molecule has 6 nitrogen and oxygen atoms in total. The first kappa shape index (κ1) is 20.1. The SMILES string of the molecule is CC(=O)c1ccc(N(CCNS(=O)(=O)c2cccc(Cl)c2)C(C)=O)cc1. The Labute approximate surface area is 157 Å². The summed E-state index contributed by atoms with van der Waals surface area (Å²) < 4.78 is 27.0. The summed E-state index contributed by atoms with van der Waals surface area (Å²) in [6.45, 7) is 3.03. The highest BCUT2D eigenvalue weighted by Crippen LogP contribution is 2.17. The molecule has 0 fully saturated rings. The van der Waals surface area contributed by atoms with Gasteiger partial charge in [-0.15, -0.1) is 0 Å². The van der Waals surface area contributed by atoms with Crippen LogP contribution in [0.2, 0.25) is 5.02 Å². The van der Waals surface area contributed by atoms with Gasteiger partial charge in [-0.25, -0.2) is 13.1 Å². The lowest BCUT2D eigenvalue weighted by molar-refractivity contribution is -0.116. The zero-order chi connectivity index (χ0) is 19.3. The van der Waals surface area contributed by atoms with E-state index in [1.807, 2.05) is 0 Å². The zero-order valence-corrected chi connectivity index (χ0v) is 16.0. The van der Waals surface area contributed by atoms with Crippen molar-refractivity contribution in [2.45, 2.75) is 18.7 Å². The Balaban J connectivity index is 2.07. The number of nitrogens with zero attached hydrogens (tertiary/aromatic N) is 1. The lowest BCUT2D eigenvalue weighted by atomic mass is 10.1. The maximum atomic E-state index is 12.3.